The van der Waals surface area contributed by atoms with Crippen molar-refractivity contribution in [3.05, 3.63) is 57.5 Å². The monoisotopic (exact) mass is 872 g/mol. The second-order valence-corrected chi connectivity index (χ2v) is 27.5. The normalized spacial score (nSPS) is 53.9. The van der Waals surface area contributed by atoms with Gasteiger partial charge in [-0.15, -0.1) is 0 Å². The van der Waals surface area contributed by atoms with E-state index in [0.29, 0.717) is 21.7 Å². The first kappa shape index (κ1) is 46.0. The Morgan fingerprint density at radius 1 is 0.500 bits per heavy atom. The highest BCUT2D eigenvalue weighted by Gasteiger charge is 2.60. The van der Waals surface area contributed by atoms with Crippen LogP contribution in [0.2, 0.25) is 0 Å². The predicted octanol–water partition coefficient (Wildman–Crippen LogP) is 17.0. The smallest absolute Gasteiger partial charge is 0.0596 e. The molecule has 8 fully saturated rings. The predicted molar refractivity (Wildman–Crippen MR) is 266 cm³/mol. The van der Waals surface area contributed by atoms with Gasteiger partial charge in [0.15, 0.2) is 0 Å². The Hall–Kier alpha value is -1.77. The highest BCUT2D eigenvalue weighted by Crippen LogP contribution is 2.68. The maximum Gasteiger partial charge on any atom is 0.0596 e. The molecule has 0 aliphatic heterocycles. The molecule has 0 radical (unpaired) electrons. The molecular formula is C60H93N3O. The Morgan fingerprint density at radius 3 is 1.44 bits per heavy atom. The number of rotatable bonds is 1. The Morgan fingerprint density at radius 2 is 0.938 bits per heavy atom. The van der Waals surface area contributed by atoms with Gasteiger partial charge >= 0.3 is 0 Å². The molecule has 0 amide bonds. The van der Waals surface area contributed by atoms with Gasteiger partial charge in [-0.25, -0.2) is 0 Å². The summed E-state index contributed by atoms with van der Waals surface area (Å²) in [4.78, 5) is 3.16. The van der Waals surface area contributed by atoms with E-state index >= 15 is 0 Å². The third-order valence-corrected chi connectivity index (χ3v) is 24.5. The highest BCUT2D eigenvalue weighted by molar-refractivity contribution is 5.28. The van der Waals surface area contributed by atoms with E-state index in [4.69, 9.17) is 5.53 Å². The minimum atomic E-state index is -0.0342. The van der Waals surface area contributed by atoms with E-state index in [1.54, 1.807) is 11.1 Å². The van der Waals surface area contributed by atoms with Gasteiger partial charge in [-0.2, -0.15) is 0 Å². The van der Waals surface area contributed by atoms with E-state index in [1.165, 1.54) is 135 Å². The quantitative estimate of drug-likeness (QED) is 0.121. The van der Waals surface area contributed by atoms with Crippen LogP contribution in [-0.2, 0) is 0 Å². The zero-order valence-corrected chi connectivity index (χ0v) is 42.5. The Bertz CT molecular complexity index is 1950. The lowest BCUT2D eigenvalue weighted by Crippen LogP contribution is -2.50. The van der Waals surface area contributed by atoms with Crippen LogP contribution in [0.15, 0.2) is 52.2 Å². The van der Waals surface area contributed by atoms with E-state index in [-0.39, 0.29) is 23.0 Å². The summed E-state index contributed by atoms with van der Waals surface area (Å²) in [5, 5.41) is 14.7. The molecule has 0 aromatic carbocycles. The molecule has 0 bridgehead atoms. The second kappa shape index (κ2) is 16.7. The molecule has 4 heteroatoms. The SMILES string of the molecule is C[C@H]1CC[C@@]2(C)C(=CCC3C2CC[C@@]2(C)C3CC[C@@H]2N=[N+]=[N-])C1.C[C@H]1CC[C@@]2(C)C(=CCC3C2CC[C@@]2(C)C3CC[C@H]2O)C1.C[C@H]1CC[C@@]2(C)C(=CCC3C4CC=C[C@@]4(C)CCC32)C1. The van der Waals surface area contributed by atoms with Crippen LogP contribution in [0.4, 0.5) is 0 Å². The Labute approximate surface area is 391 Å². The lowest BCUT2D eigenvalue weighted by atomic mass is 9.47. The van der Waals surface area contributed by atoms with Crippen LogP contribution in [0.1, 0.15) is 210 Å². The molecule has 8 saturated carbocycles. The van der Waals surface area contributed by atoms with Crippen LogP contribution in [-0.4, -0.2) is 17.3 Å². The number of nitrogens with zero attached hydrogens (tertiary/aromatic N) is 3. The molecule has 0 spiro atoms. The first-order valence-electron chi connectivity index (χ1n) is 28.0. The summed E-state index contributed by atoms with van der Waals surface area (Å²) in [6.45, 7) is 22.4. The van der Waals surface area contributed by atoms with Crippen molar-refractivity contribution in [3.63, 3.8) is 0 Å². The minimum Gasteiger partial charge on any atom is -0.393 e. The maximum absolute atomic E-state index is 10.5. The van der Waals surface area contributed by atoms with Gasteiger partial charge in [-0.3, -0.25) is 0 Å². The van der Waals surface area contributed by atoms with Crippen molar-refractivity contribution < 1.29 is 5.11 Å². The van der Waals surface area contributed by atoms with Gasteiger partial charge in [0.25, 0.3) is 0 Å². The lowest BCUT2D eigenvalue weighted by molar-refractivity contribution is -0.0677. The molecule has 12 rings (SSSR count). The van der Waals surface area contributed by atoms with Crippen molar-refractivity contribution in [3.8, 4) is 0 Å². The minimum absolute atomic E-state index is 0.0342. The first-order valence-corrected chi connectivity index (χ1v) is 28.0. The van der Waals surface area contributed by atoms with Crippen molar-refractivity contribution in [1.29, 1.82) is 0 Å². The number of allylic oxidation sites excluding steroid dienone is 8. The van der Waals surface area contributed by atoms with Gasteiger partial charge in [0.05, 0.1) is 6.10 Å². The van der Waals surface area contributed by atoms with E-state index in [9.17, 15) is 5.11 Å². The third kappa shape index (κ3) is 7.21. The number of hydrogen-bond donors (Lipinski definition) is 1. The van der Waals surface area contributed by atoms with Crippen LogP contribution < -0.4 is 0 Å². The van der Waals surface area contributed by atoms with Gasteiger partial charge in [0.1, 0.15) is 0 Å². The molecule has 4 nitrogen and oxygen atoms in total. The maximum atomic E-state index is 10.5. The second-order valence-electron chi connectivity index (χ2n) is 27.5. The summed E-state index contributed by atoms with van der Waals surface area (Å²) in [6.07, 6.45) is 43.7. The summed E-state index contributed by atoms with van der Waals surface area (Å²) < 4.78 is 0. The van der Waals surface area contributed by atoms with E-state index in [2.05, 4.69) is 103 Å². The zero-order valence-electron chi connectivity index (χ0n) is 42.5. The largest absolute Gasteiger partial charge is 0.393 e. The summed E-state index contributed by atoms with van der Waals surface area (Å²) in [5.41, 5.74) is 16.9. The average molecular weight is 872 g/mol. The van der Waals surface area contributed by atoms with Crippen molar-refractivity contribution >= 4 is 0 Å². The summed E-state index contributed by atoms with van der Waals surface area (Å²) in [5.74, 6) is 10.6. The summed E-state index contributed by atoms with van der Waals surface area (Å²) >= 11 is 0. The molecule has 354 valence electrons. The van der Waals surface area contributed by atoms with Crippen molar-refractivity contribution in [2.45, 2.75) is 222 Å². The molecule has 0 heterocycles. The first-order chi connectivity index (χ1) is 30.5. The molecule has 1 N–H and O–H groups in total. The molecule has 0 aromatic heterocycles. The van der Waals surface area contributed by atoms with Gasteiger partial charge in [0.2, 0.25) is 0 Å². The molecule has 12 aliphatic carbocycles. The fourth-order valence-electron chi connectivity index (χ4n) is 20.2. The number of fused-ring (bicyclic) bond motifs is 15. The van der Waals surface area contributed by atoms with Crippen molar-refractivity contribution in [2.24, 2.45) is 109 Å². The van der Waals surface area contributed by atoms with Crippen LogP contribution >= 0.6 is 0 Å². The van der Waals surface area contributed by atoms with Crippen LogP contribution in [0.5, 0.6) is 0 Å². The van der Waals surface area contributed by atoms with Gasteiger partial charge in [0, 0.05) is 11.0 Å². The lowest BCUT2D eigenvalue weighted by Gasteiger charge is -2.58. The fraction of sp³-hybridized carbons (Fsp3) is 0.867. The molecule has 9 unspecified atom stereocenters. The zero-order chi connectivity index (χ0) is 45.0. The Balaban J connectivity index is 0.000000114. The molecule has 12 aliphatic rings. The fourth-order valence-corrected chi connectivity index (χ4v) is 20.2. The number of aliphatic hydroxyl groups is 1. The summed E-state index contributed by atoms with van der Waals surface area (Å²) in [7, 11) is 0. The molecule has 0 saturated heterocycles. The molecule has 0 aromatic rings. The van der Waals surface area contributed by atoms with E-state index in [0.717, 1.165) is 83.9 Å². The molecule has 64 heavy (non-hydrogen) atoms. The van der Waals surface area contributed by atoms with Crippen LogP contribution in [0.25, 0.3) is 10.4 Å². The van der Waals surface area contributed by atoms with Crippen molar-refractivity contribution in [2.75, 3.05) is 0 Å². The standard InChI is InChI=1S/C20H31N3.C20H32O.C20H30/c1-13-8-10-19(2)14(12-13)4-5-15-16-6-7-18(22-23-21)20(16,3)11-9-17(15)19;1-13-8-10-19(2)14(12-13)4-5-15-16-6-7-18(21)20(16,3)11-9-17(15)19;1-14-8-12-20(3)15(13-14)6-7-16-17-5-4-10-19(17,2)11-9-18(16)20/h4,13,15-18H,5-12H2,1-3H3;4,13,15-18,21H,5-12H2,1-3H3;4,6,10,14,16-18H,5,7-9,11-13H2,1-3H3/t13-,15?,16?,17?,18-,19-,20-;13-,15?,16?,17?,18+,19-,20-;14-,16?,17?,18?,19-,20-/m000/s1. The van der Waals surface area contributed by atoms with Gasteiger partial charge < -0.3 is 5.11 Å². The Kier molecular flexibility index (Phi) is 12.0. The van der Waals surface area contributed by atoms with Crippen LogP contribution in [0.3, 0.4) is 0 Å². The third-order valence-electron chi connectivity index (χ3n) is 24.5. The van der Waals surface area contributed by atoms with Crippen LogP contribution in [0, 0.1) is 104 Å². The number of azide groups is 1. The molecule has 20 atom stereocenters. The van der Waals surface area contributed by atoms with E-state index < -0.39 is 0 Å². The van der Waals surface area contributed by atoms with Gasteiger partial charge in [-0.1, -0.05) is 115 Å². The van der Waals surface area contributed by atoms with Gasteiger partial charge in [-0.05, 0) is 257 Å². The highest BCUT2D eigenvalue weighted by atomic mass is 16.3. The van der Waals surface area contributed by atoms with Crippen molar-refractivity contribution in [1.82, 2.24) is 0 Å². The topological polar surface area (TPSA) is 69.0 Å². The average Bonchev–Trinajstić information content (AvgIpc) is 3.93. The van der Waals surface area contributed by atoms with E-state index in [1.807, 2.05) is 5.57 Å². The summed E-state index contributed by atoms with van der Waals surface area (Å²) in [6, 6.07) is 0.239. The number of aliphatic hydroxyl groups excluding tert-OH is 1. The molecular weight excluding hydrogens is 779 g/mol. The number of hydrogen-bond acceptors (Lipinski definition) is 2.